The average molecular weight is 364 g/mol. The molecule has 0 unspecified atom stereocenters. The predicted molar refractivity (Wildman–Crippen MR) is 111 cm³/mol. The normalized spacial score (nSPS) is 19.7. The molecule has 4 nitrogen and oxygen atoms in total. The fraction of sp³-hybridized carbons (Fsp3) is 0.478. The Labute approximate surface area is 162 Å². The van der Waals surface area contributed by atoms with Crippen LogP contribution in [0.3, 0.4) is 0 Å². The maximum absolute atomic E-state index is 13.1. The standard InChI is InChI=1S/C23H29N3O/c1-3-19-10-4-5-14-25(19)20-12-13-22-18(16-20)9-7-15-26(22)23(27)21-11-6-8-17(2)24-21/h6,8,11-13,16,19H,3-5,7,9-10,14-15H2,1-2H3/t19-/m1/s1. The number of amides is 1. The number of piperidine rings is 1. The van der Waals surface area contributed by atoms with Crippen LogP contribution in [-0.2, 0) is 6.42 Å². The van der Waals surface area contributed by atoms with Crippen LogP contribution in [0.5, 0.6) is 0 Å². The van der Waals surface area contributed by atoms with Gasteiger partial charge in [-0.2, -0.15) is 0 Å². The molecule has 1 saturated heterocycles. The van der Waals surface area contributed by atoms with Gasteiger partial charge in [0, 0.05) is 36.2 Å². The lowest BCUT2D eigenvalue weighted by Gasteiger charge is -2.38. The smallest absolute Gasteiger partial charge is 0.276 e. The third kappa shape index (κ3) is 3.58. The number of carbonyl (C=O) groups is 1. The minimum atomic E-state index is 0.0109. The lowest BCUT2D eigenvalue weighted by atomic mass is 9.96. The summed E-state index contributed by atoms with van der Waals surface area (Å²) in [6.45, 7) is 6.13. The van der Waals surface area contributed by atoms with Crippen molar-refractivity contribution in [3.05, 3.63) is 53.3 Å². The number of pyridine rings is 1. The number of aromatic nitrogens is 1. The molecule has 4 heteroatoms. The molecule has 2 aliphatic rings. The Balaban J connectivity index is 1.63. The monoisotopic (exact) mass is 363 g/mol. The van der Waals surface area contributed by atoms with E-state index in [1.807, 2.05) is 30.0 Å². The van der Waals surface area contributed by atoms with Crippen molar-refractivity contribution in [2.45, 2.75) is 58.4 Å². The minimum Gasteiger partial charge on any atom is -0.369 e. The molecule has 27 heavy (non-hydrogen) atoms. The van der Waals surface area contributed by atoms with Gasteiger partial charge in [-0.3, -0.25) is 4.79 Å². The van der Waals surface area contributed by atoms with Crippen molar-refractivity contribution in [1.82, 2.24) is 4.98 Å². The molecule has 0 saturated carbocycles. The summed E-state index contributed by atoms with van der Waals surface area (Å²) in [5.41, 5.74) is 5.09. The number of carbonyl (C=O) groups excluding carboxylic acids is 1. The first-order valence-electron chi connectivity index (χ1n) is 10.3. The van der Waals surface area contributed by atoms with Crippen molar-refractivity contribution in [3.8, 4) is 0 Å². The summed E-state index contributed by atoms with van der Waals surface area (Å²) in [7, 11) is 0. The summed E-state index contributed by atoms with van der Waals surface area (Å²) < 4.78 is 0. The number of hydrogen-bond donors (Lipinski definition) is 0. The Hall–Kier alpha value is -2.36. The Morgan fingerprint density at radius 1 is 1.15 bits per heavy atom. The zero-order valence-electron chi connectivity index (χ0n) is 16.4. The van der Waals surface area contributed by atoms with Gasteiger partial charge >= 0.3 is 0 Å². The number of aryl methyl sites for hydroxylation is 2. The van der Waals surface area contributed by atoms with E-state index < -0.39 is 0 Å². The number of rotatable bonds is 3. The van der Waals surface area contributed by atoms with Gasteiger partial charge in [0.2, 0.25) is 0 Å². The van der Waals surface area contributed by atoms with Gasteiger partial charge in [0.25, 0.3) is 5.91 Å². The van der Waals surface area contributed by atoms with E-state index >= 15 is 0 Å². The SMILES string of the molecule is CC[C@@H]1CCCCN1c1ccc2c(c1)CCCN2C(=O)c1cccc(C)n1. The Morgan fingerprint density at radius 3 is 2.85 bits per heavy atom. The van der Waals surface area contributed by atoms with E-state index in [-0.39, 0.29) is 5.91 Å². The van der Waals surface area contributed by atoms with Crippen LogP contribution in [0.25, 0.3) is 0 Å². The van der Waals surface area contributed by atoms with Crippen molar-refractivity contribution < 1.29 is 4.79 Å². The Bertz CT molecular complexity index is 832. The van der Waals surface area contributed by atoms with E-state index in [0.717, 1.165) is 37.3 Å². The van der Waals surface area contributed by atoms with E-state index in [2.05, 4.69) is 35.0 Å². The highest BCUT2D eigenvalue weighted by Gasteiger charge is 2.27. The van der Waals surface area contributed by atoms with E-state index in [0.29, 0.717) is 11.7 Å². The first kappa shape index (κ1) is 18.0. The molecule has 1 amide bonds. The number of hydrogen-bond acceptors (Lipinski definition) is 3. The van der Waals surface area contributed by atoms with Gasteiger partial charge in [-0.1, -0.05) is 13.0 Å². The molecule has 1 aromatic heterocycles. The first-order chi connectivity index (χ1) is 13.2. The van der Waals surface area contributed by atoms with Gasteiger partial charge in [0.05, 0.1) is 0 Å². The maximum atomic E-state index is 13.1. The average Bonchev–Trinajstić information content (AvgIpc) is 2.72. The molecular formula is C23H29N3O. The third-order valence-corrected chi connectivity index (χ3v) is 5.96. The second-order valence-corrected chi connectivity index (χ2v) is 7.79. The molecule has 2 aliphatic heterocycles. The van der Waals surface area contributed by atoms with Crippen LogP contribution < -0.4 is 9.80 Å². The van der Waals surface area contributed by atoms with Crippen LogP contribution in [-0.4, -0.2) is 30.0 Å². The van der Waals surface area contributed by atoms with Crippen LogP contribution >= 0.6 is 0 Å². The van der Waals surface area contributed by atoms with Gasteiger partial charge in [0.15, 0.2) is 0 Å². The summed E-state index contributed by atoms with van der Waals surface area (Å²) in [5.74, 6) is 0.0109. The van der Waals surface area contributed by atoms with Gasteiger partial charge < -0.3 is 9.80 Å². The van der Waals surface area contributed by atoms with Crippen molar-refractivity contribution in [3.63, 3.8) is 0 Å². The maximum Gasteiger partial charge on any atom is 0.276 e. The van der Waals surface area contributed by atoms with E-state index in [9.17, 15) is 4.79 Å². The summed E-state index contributed by atoms with van der Waals surface area (Å²) >= 11 is 0. The zero-order chi connectivity index (χ0) is 18.8. The lowest BCUT2D eigenvalue weighted by Crippen LogP contribution is -2.39. The van der Waals surface area contributed by atoms with Gasteiger partial charge in [-0.25, -0.2) is 4.98 Å². The molecule has 142 valence electrons. The number of nitrogens with zero attached hydrogens (tertiary/aromatic N) is 3. The van der Waals surface area contributed by atoms with Crippen LogP contribution in [0.4, 0.5) is 11.4 Å². The molecule has 3 heterocycles. The highest BCUT2D eigenvalue weighted by Crippen LogP contribution is 2.34. The number of fused-ring (bicyclic) bond motifs is 1. The van der Waals surface area contributed by atoms with Crippen LogP contribution in [0.2, 0.25) is 0 Å². The second-order valence-electron chi connectivity index (χ2n) is 7.79. The molecule has 4 rings (SSSR count). The highest BCUT2D eigenvalue weighted by atomic mass is 16.2. The van der Waals surface area contributed by atoms with Crippen LogP contribution in [0, 0.1) is 6.92 Å². The van der Waals surface area contributed by atoms with E-state index in [4.69, 9.17) is 0 Å². The zero-order valence-corrected chi connectivity index (χ0v) is 16.4. The molecule has 1 atom stereocenters. The molecule has 0 N–H and O–H groups in total. The van der Waals surface area contributed by atoms with Crippen molar-refractivity contribution in [1.29, 1.82) is 0 Å². The molecule has 1 fully saturated rings. The van der Waals surface area contributed by atoms with Crippen molar-refractivity contribution in [2.75, 3.05) is 22.9 Å². The lowest BCUT2D eigenvalue weighted by molar-refractivity contribution is 0.0980. The van der Waals surface area contributed by atoms with Crippen LogP contribution in [0.15, 0.2) is 36.4 Å². The largest absolute Gasteiger partial charge is 0.369 e. The first-order valence-corrected chi connectivity index (χ1v) is 10.3. The van der Waals surface area contributed by atoms with Crippen molar-refractivity contribution >= 4 is 17.3 Å². The van der Waals surface area contributed by atoms with Crippen LogP contribution in [0.1, 0.15) is 60.8 Å². The molecular weight excluding hydrogens is 334 g/mol. The van der Waals surface area contributed by atoms with Crippen molar-refractivity contribution in [2.24, 2.45) is 0 Å². The molecule has 0 aliphatic carbocycles. The summed E-state index contributed by atoms with van der Waals surface area (Å²) in [6.07, 6.45) is 7.14. The summed E-state index contributed by atoms with van der Waals surface area (Å²) in [5, 5.41) is 0. The topological polar surface area (TPSA) is 36.4 Å². The summed E-state index contributed by atoms with van der Waals surface area (Å²) in [6, 6.07) is 13.0. The number of benzene rings is 1. The minimum absolute atomic E-state index is 0.0109. The third-order valence-electron chi connectivity index (χ3n) is 5.96. The molecule has 0 bridgehead atoms. The van der Waals surface area contributed by atoms with Gasteiger partial charge in [-0.05, 0) is 81.3 Å². The molecule has 0 spiro atoms. The second kappa shape index (κ2) is 7.71. The number of anilines is 2. The van der Waals surface area contributed by atoms with E-state index in [1.165, 1.54) is 36.9 Å². The predicted octanol–water partition coefficient (Wildman–Crippen LogP) is 4.75. The van der Waals surface area contributed by atoms with Gasteiger partial charge in [0.1, 0.15) is 5.69 Å². The Morgan fingerprint density at radius 2 is 2.04 bits per heavy atom. The molecule has 0 radical (unpaired) electrons. The Kier molecular flexibility index (Phi) is 5.15. The quantitative estimate of drug-likeness (QED) is 0.789. The summed E-state index contributed by atoms with van der Waals surface area (Å²) in [4.78, 5) is 22.0. The highest BCUT2D eigenvalue weighted by molar-refractivity contribution is 6.05. The molecule has 2 aromatic rings. The fourth-order valence-corrected chi connectivity index (χ4v) is 4.54. The van der Waals surface area contributed by atoms with E-state index in [1.54, 1.807) is 0 Å². The molecule has 1 aromatic carbocycles. The fourth-order valence-electron chi connectivity index (χ4n) is 4.54. The van der Waals surface area contributed by atoms with Gasteiger partial charge in [-0.15, -0.1) is 0 Å².